The van der Waals surface area contributed by atoms with Gasteiger partial charge in [-0.1, -0.05) is 0 Å². The number of nitrogens with one attached hydrogen (secondary N) is 1. The van der Waals surface area contributed by atoms with Crippen molar-refractivity contribution in [3.05, 3.63) is 23.5 Å². The first kappa shape index (κ1) is 10.7. The van der Waals surface area contributed by atoms with E-state index in [1.54, 1.807) is 6.33 Å². The quantitative estimate of drug-likeness (QED) is 0.795. The molecule has 0 unspecified atom stereocenters. The molecule has 0 aliphatic heterocycles. The van der Waals surface area contributed by atoms with E-state index in [9.17, 15) is 4.79 Å². The minimum atomic E-state index is -0.0542. The fourth-order valence-corrected chi connectivity index (χ4v) is 1.96. The highest BCUT2D eigenvalue weighted by atomic mass is 16.1. The molecule has 1 aromatic carbocycles. The maximum Gasteiger partial charge on any atom is 0.221 e. The summed E-state index contributed by atoms with van der Waals surface area (Å²) in [5.41, 5.74) is 4.98. The van der Waals surface area contributed by atoms with E-state index in [0.717, 1.165) is 27.8 Å². The van der Waals surface area contributed by atoms with Crippen LogP contribution in [-0.4, -0.2) is 15.5 Å². The minimum Gasteiger partial charge on any atom is -0.334 e. The van der Waals surface area contributed by atoms with Crippen molar-refractivity contribution < 1.29 is 4.79 Å². The second-order valence-electron chi connectivity index (χ2n) is 4.10. The molecule has 0 saturated heterocycles. The van der Waals surface area contributed by atoms with Gasteiger partial charge in [0.15, 0.2) is 0 Å². The van der Waals surface area contributed by atoms with Gasteiger partial charge in [0.2, 0.25) is 5.91 Å². The third-order valence-electron chi connectivity index (χ3n) is 2.76. The SMILES string of the molecule is CC(=O)Nc1c(C)cc2c(ncn2C)c1C. The fourth-order valence-electron chi connectivity index (χ4n) is 1.96. The van der Waals surface area contributed by atoms with Crippen molar-refractivity contribution in [2.75, 3.05) is 5.32 Å². The van der Waals surface area contributed by atoms with Gasteiger partial charge in [-0.15, -0.1) is 0 Å². The van der Waals surface area contributed by atoms with E-state index in [1.165, 1.54) is 6.92 Å². The highest BCUT2D eigenvalue weighted by Crippen LogP contribution is 2.27. The molecule has 0 saturated carbocycles. The zero-order valence-electron chi connectivity index (χ0n) is 9.96. The molecule has 1 heterocycles. The summed E-state index contributed by atoms with van der Waals surface area (Å²) >= 11 is 0. The Morgan fingerprint density at radius 2 is 2.12 bits per heavy atom. The number of aryl methyl sites for hydroxylation is 3. The van der Waals surface area contributed by atoms with Crippen LogP contribution < -0.4 is 5.32 Å². The second kappa shape index (κ2) is 3.63. The van der Waals surface area contributed by atoms with E-state index in [1.807, 2.05) is 31.5 Å². The molecule has 0 aliphatic rings. The van der Waals surface area contributed by atoms with E-state index in [4.69, 9.17) is 0 Å². The Bertz CT molecular complexity index is 569. The highest BCUT2D eigenvalue weighted by Gasteiger charge is 2.11. The van der Waals surface area contributed by atoms with Crippen molar-refractivity contribution in [2.24, 2.45) is 7.05 Å². The van der Waals surface area contributed by atoms with E-state index in [2.05, 4.69) is 10.3 Å². The van der Waals surface area contributed by atoms with Crippen LogP contribution >= 0.6 is 0 Å². The summed E-state index contributed by atoms with van der Waals surface area (Å²) in [5.74, 6) is -0.0542. The molecule has 16 heavy (non-hydrogen) atoms. The van der Waals surface area contributed by atoms with E-state index >= 15 is 0 Å². The fraction of sp³-hybridized carbons (Fsp3) is 0.333. The van der Waals surface area contributed by atoms with Crippen LogP contribution in [0.1, 0.15) is 18.1 Å². The molecule has 2 rings (SSSR count). The summed E-state index contributed by atoms with van der Waals surface area (Å²) in [6.07, 6.45) is 1.79. The lowest BCUT2D eigenvalue weighted by atomic mass is 10.1. The van der Waals surface area contributed by atoms with Crippen LogP contribution in [0.15, 0.2) is 12.4 Å². The van der Waals surface area contributed by atoms with Gasteiger partial charge in [-0.3, -0.25) is 4.79 Å². The van der Waals surface area contributed by atoms with Crippen molar-refractivity contribution in [1.82, 2.24) is 9.55 Å². The summed E-state index contributed by atoms with van der Waals surface area (Å²) in [4.78, 5) is 15.5. The first-order chi connectivity index (χ1) is 7.50. The van der Waals surface area contributed by atoms with E-state index in [-0.39, 0.29) is 5.91 Å². The number of carbonyl (C=O) groups excluding carboxylic acids is 1. The average molecular weight is 217 g/mol. The number of anilines is 1. The van der Waals surface area contributed by atoms with Crippen LogP contribution in [0.4, 0.5) is 5.69 Å². The molecule has 4 nitrogen and oxygen atoms in total. The van der Waals surface area contributed by atoms with Gasteiger partial charge in [-0.2, -0.15) is 0 Å². The molecule has 0 atom stereocenters. The molecule has 2 aromatic rings. The molecule has 0 bridgehead atoms. The van der Waals surface area contributed by atoms with Gasteiger partial charge >= 0.3 is 0 Å². The average Bonchev–Trinajstić information content (AvgIpc) is 2.55. The maximum atomic E-state index is 11.1. The molecular formula is C12H15N3O. The normalized spacial score (nSPS) is 10.8. The van der Waals surface area contributed by atoms with Crippen LogP contribution in [0.2, 0.25) is 0 Å². The van der Waals surface area contributed by atoms with Crippen LogP contribution in [0.3, 0.4) is 0 Å². The predicted molar refractivity (Wildman–Crippen MR) is 64.5 cm³/mol. The Morgan fingerprint density at radius 3 is 2.75 bits per heavy atom. The van der Waals surface area contributed by atoms with Gasteiger partial charge in [0.25, 0.3) is 0 Å². The number of nitrogens with zero attached hydrogens (tertiary/aromatic N) is 2. The number of hydrogen-bond donors (Lipinski definition) is 1. The smallest absolute Gasteiger partial charge is 0.221 e. The highest BCUT2D eigenvalue weighted by molar-refractivity contribution is 5.95. The third-order valence-corrected chi connectivity index (χ3v) is 2.76. The molecule has 0 fully saturated rings. The summed E-state index contributed by atoms with van der Waals surface area (Å²) in [6.45, 7) is 5.49. The molecule has 84 valence electrons. The van der Waals surface area contributed by atoms with Gasteiger partial charge in [0.05, 0.1) is 17.4 Å². The van der Waals surface area contributed by atoms with Crippen molar-refractivity contribution in [1.29, 1.82) is 0 Å². The van der Waals surface area contributed by atoms with Crippen LogP contribution in [0, 0.1) is 13.8 Å². The second-order valence-corrected chi connectivity index (χ2v) is 4.10. The number of amides is 1. The van der Waals surface area contributed by atoms with Gasteiger partial charge in [-0.25, -0.2) is 4.98 Å². The number of rotatable bonds is 1. The Kier molecular flexibility index (Phi) is 2.42. The van der Waals surface area contributed by atoms with Crippen molar-refractivity contribution in [2.45, 2.75) is 20.8 Å². The molecule has 1 aromatic heterocycles. The zero-order valence-corrected chi connectivity index (χ0v) is 9.96. The first-order valence-corrected chi connectivity index (χ1v) is 5.19. The van der Waals surface area contributed by atoms with Gasteiger partial charge in [0, 0.05) is 25.2 Å². The standard InChI is InChI=1S/C12H15N3O/c1-7-5-10-12(13-6-15(10)4)8(2)11(7)14-9(3)16/h5-6H,1-4H3,(H,14,16). The molecule has 0 radical (unpaired) electrons. The first-order valence-electron chi connectivity index (χ1n) is 5.19. The summed E-state index contributed by atoms with van der Waals surface area (Å²) in [7, 11) is 1.96. The number of carbonyl (C=O) groups is 1. The minimum absolute atomic E-state index is 0.0542. The van der Waals surface area contributed by atoms with Gasteiger partial charge < -0.3 is 9.88 Å². The summed E-state index contributed by atoms with van der Waals surface area (Å²) < 4.78 is 1.98. The lowest BCUT2D eigenvalue weighted by molar-refractivity contribution is -0.114. The van der Waals surface area contributed by atoms with E-state index in [0.29, 0.717) is 0 Å². The van der Waals surface area contributed by atoms with Crippen molar-refractivity contribution in [3.63, 3.8) is 0 Å². The Hall–Kier alpha value is -1.84. The number of fused-ring (bicyclic) bond motifs is 1. The molecule has 1 N–H and O–H groups in total. The summed E-state index contributed by atoms with van der Waals surface area (Å²) in [6, 6.07) is 2.04. The molecule has 4 heteroatoms. The topological polar surface area (TPSA) is 46.9 Å². The zero-order chi connectivity index (χ0) is 11.9. The van der Waals surface area contributed by atoms with E-state index < -0.39 is 0 Å². The number of benzene rings is 1. The third kappa shape index (κ3) is 1.56. The Labute approximate surface area is 94.3 Å². The predicted octanol–water partition coefficient (Wildman–Crippen LogP) is 2.15. The largest absolute Gasteiger partial charge is 0.334 e. The lowest BCUT2D eigenvalue weighted by Gasteiger charge is -2.11. The molecule has 0 aliphatic carbocycles. The number of aromatic nitrogens is 2. The Morgan fingerprint density at radius 1 is 1.44 bits per heavy atom. The van der Waals surface area contributed by atoms with Gasteiger partial charge in [0.1, 0.15) is 0 Å². The van der Waals surface area contributed by atoms with Crippen LogP contribution in [0.5, 0.6) is 0 Å². The Balaban J connectivity index is 2.71. The maximum absolute atomic E-state index is 11.1. The monoisotopic (exact) mass is 217 g/mol. The summed E-state index contributed by atoms with van der Waals surface area (Å²) in [5, 5.41) is 2.85. The lowest BCUT2D eigenvalue weighted by Crippen LogP contribution is -2.09. The van der Waals surface area contributed by atoms with Crippen LogP contribution in [0.25, 0.3) is 11.0 Å². The molecule has 1 amide bonds. The van der Waals surface area contributed by atoms with Crippen molar-refractivity contribution in [3.8, 4) is 0 Å². The molecule has 0 spiro atoms. The van der Waals surface area contributed by atoms with Crippen LogP contribution in [-0.2, 0) is 11.8 Å². The molecular weight excluding hydrogens is 202 g/mol. The van der Waals surface area contributed by atoms with Crippen molar-refractivity contribution >= 4 is 22.6 Å². The number of imidazole rings is 1. The number of hydrogen-bond acceptors (Lipinski definition) is 2. The van der Waals surface area contributed by atoms with Gasteiger partial charge in [-0.05, 0) is 25.5 Å².